The van der Waals surface area contributed by atoms with Gasteiger partial charge in [0.1, 0.15) is 12.0 Å². The minimum Gasteiger partial charge on any atom is -0.497 e. The fourth-order valence-electron chi connectivity index (χ4n) is 1.05. The summed E-state index contributed by atoms with van der Waals surface area (Å²) < 4.78 is 5.02. The van der Waals surface area contributed by atoms with E-state index in [0.29, 0.717) is 0 Å². The second-order valence-corrected chi connectivity index (χ2v) is 2.84. The van der Waals surface area contributed by atoms with Crippen molar-refractivity contribution in [1.82, 2.24) is 0 Å². The van der Waals surface area contributed by atoms with E-state index in [0.717, 1.165) is 23.4 Å². The summed E-state index contributed by atoms with van der Waals surface area (Å²) in [6.45, 7) is 1.83. The fourth-order valence-corrected chi connectivity index (χ4v) is 1.05. The highest BCUT2D eigenvalue weighted by molar-refractivity contribution is 5.67. The second kappa shape index (κ2) is 5.07. The van der Waals surface area contributed by atoms with Crippen LogP contribution < -0.4 is 10.1 Å². The Hall–Kier alpha value is -1.77. The molecule has 0 spiro atoms. The predicted molar refractivity (Wildman–Crippen MR) is 56.4 cm³/mol. The van der Waals surface area contributed by atoms with E-state index < -0.39 is 0 Å². The number of carbonyl (C=O) groups excluding carboxylic acids is 1. The van der Waals surface area contributed by atoms with Crippen LogP contribution in [0, 0.1) is 0 Å². The average Bonchev–Trinajstić information content (AvgIpc) is 2.19. The van der Waals surface area contributed by atoms with Crippen LogP contribution in [0.3, 0.4) is 0 Å². The van der Waals surface area contributed by atoms with Crippen molar-refractivity contribution in [3.8, 4) is 5.75 Å². The van der Waals surface area contributed by atoms with Crippen molar-refractivity contribution in [3.63, 3.8) is 0 Å². The van der Waals surface area contributed by atoms with Crippen LogP contribution >= 0.6 is 0 Å². The zero-order valence-corrected chi connectivity index (χ0v) is 8.28. The zero-order chi connectivity index (χ0) is 10.4. The molecule has 0 heterocycles. The fraction of sp³-hybridized carbons (Fsp3) is 0.182. The highest BCUT2D eigenvalue weighted by atomic mass is 16.5. The first-order valence-corrected chi connectivity index (χ1v) is 4.29. The summed E-state index contributed by atoms with van der Waals surface area (Å²) in [5.74, 6) is 0.813. The molecule has 3 heteroatoms. The first-order valence-electron chi connectivity index (χ1n) is 4.29. The standard InChI is InChI=1S/C11H13NO2/c1-9(7-8-13)12-10-3-5-11(14-2)6-4-10/h3-8,12H,1-2H3/b9-7+. The molecule has 0 atom stereocenters. The summed E-state index contributed by atoms with van der Waals surface area (Å²) in [4.78, 5) is 10.2. The number of allylic oxidation sites excluding steroid dienone is 2. The molecule has 0 saturated carbocycles. The zero-order valence-electron chi connectivity index (χ0n) is 8.28. The topological polar surface area (TPSA) is 38.3 Å². The molecule has 0 fully saturated rings. The van der Waals surface area contributed by atoms with Crippen LogP contribution in [-0.4, -0.2) is 13.4 Å². The van der Waals surface area contributed by atoms with E-state index in [-0.39, 0.29) is 0 Å². The van der Waals surface area contributed by atoms with Gasteiger partial charge in [0.15, 0.2) is 0 Å². The Morgan fingerprint density at radius 1 is 1.36 bits per heavy atom. The third-order valence-electron chi connectivity index (χ3n) is 1.75. The van der Waals surface area contributed by atoms with Crippen molar-refractivity contribution >= 4 is 12.0 Å². The van der Waals surface area contributed by atoms with Crippen LogP contribution in [0.1, 0.15) is 6.92 Å². The highest BCUT2D eigenvalue weighted by Gasteiger charge is 1.93. The van der Waals surface area contributed by atoms with Crippen LogP contribution in [0.2, 0.25) is 0 Å². The van der Waals surface area contributed by atoms with Gasteiger partial charge in [0, 0.05) is 11.4 Å². The van der Waals surface area contributed by atoms with Gasteiger partial charge in [0.2, 0.25) is 0 Å². The molecular weight excluding hydrogens is 178 g/mol. The molecule has 0 amide bonds. The molecular formula is C11H13NO2. The van der Waals surface area contributed by atoms with Crippen LogP contribution in [0.15, 0.2) is 36.0 Å². The Morgan fingerprint density at radius 2 is 2.00 bits per heavy atom. The van der Waals surface area contributed by atoms with E-state index in [9.17, 15) is 4.79 Å². The third kappa shape index (κ3) is 2.94. The Bertz CT molecular complexity index is 328. The lowest BCUT2D eigenvalue weighted by atomic mass is 10.3. The van der Waals surface area contributed by atoms with Crippen LogP contribution in [0.25, 0.3) is 0 Å². The number of hydrogen-bond acceptors (Lipinski definition) is 3. The molecule has 1 N–H and O–H groups in total. The summed E-state index contributed by atoms with van der Waals surface area (Å²) in [5, 5.41) is 3.07. The van der Waals surface area contributed by atoms with E-state index in [4.69, 9.17) is 4.74 Å². The summed E-state index contributed by atoms with van der Waals surface area (Å²) in [6, 6.07) is 7.50. The minimum absolute atomic E-state index is 0.756. The molecule has 0 aliphatic rings. The smallest absolute Gasteiger partial charge is 0.144 e. The monoisotopic (exact) mass is 191 g/mol. The molecule has 1 aromatic rings. The van der Waals surface area contributed by atoms with E-state index >= 15 is 0 Å². The van der Waals surface area contributed by atoms with Crippen molar-refractivity contribution in [1.29, 1.82) is 0 Å². The number of anilines is 1. The van der Waals surface area contributed by atoms with Crippen LogP contribution in [0.4, 0.5) is 5.69 Å². The Kier molecular flexibility index (Phi) is 3.73. The number of ether oxygens (including phenoxy) is 1. The molecule has 74 valence electrons. The first-order chi connectivity index (χ1) is 6.76. The lowest BCUT2D eigenvalue weighted by molar-refractivity contribution is -0.104. The van der Waals surface area contributed by atoms with Crippen molar-refractivity contribution in [3.05, 3.63) is 36.0 Å². The maximum absolute atomic E-state index is 10.2. The van der Waals surface area contributed by atoms with Crippen molar-refractivity contribution < 1.29 is 9.53 Å². The Morgan fingerprint density at radius 3 is 2.50 bits per heavy atom. The molecule has 0 radical (unpaired) electrons. The number of aldehydes is 1. The van der Waals surface area contributed by atoms with E-state index in [2.05, 4.69) is 5.32 Å². The highest BCUT2D eigenvalue weighted by Crippen LogP contribution is 2.16. The number of carbonyl (C=O) groups is 1. The second-order valence-electron chi connectivity index (χ2n) is 2.84. The lowest BCUT2D eigenvalue weighted by Crippen LogP contribution is -1.95. The predicted octanol–water partition coefficient (Wildman–Crippen LogP) is 2.21. The molecule has 14 heavy (non-hydrogen) atoms. The van der Waals surface area contributed by atoms with E-state index in [1.807, 2.05) is 31.2 Å². The number of methoxy groups -OCH3 is 1. The van der Waals surface area contributed by atoms with Gasteiger partial charge in [0.25, 0.3) is 0 Å². The van der Waals surface area contributed by atoms with Crippen LogP contribution in [0.5, 0.6) is 5.75 Å². The first kappa shape index (κ1) is 10.3. The van der Waals surface area contributed by atoms with Gasteiger partial charge in [-0.3, -0.25) is 4.79 Å². The van der Waals surface area contributed by atoms with E-state index in [1.54, 1.807) is 7.11 Å². The van der Waals surface area contributed by atoms with Gasteiger partial charge in [-0.25, -0.2) is 0 Å². The van der Waals surface area contributed by atoms with Gasteiger partial charge in [-0.2, -0.15) is 0 Å². The number of benzene rings is 1. The Balaban J connectivity index is 2.68. The van der Waals surface area contributed by atoms with Crippen molar-refractivity contribution in [2.75, 3.05) is 12.4 Å². The van der Waals surface area contributed by atoms with Gasteiger partial charge in [-0.15, -0.1) is 0 Å². The molecule has 1 aromatic carbocycles. The number of rotatable bonds is 4. The van der Waals surface area contributed by atoms with Gasteiger partial charge < -0.3 is 10.1 Å². The number of hydrogen-bond donors (Lipinski definition) is 1. The molecule has 0 unspecified atom stereocenters. The SMILES string of the molecule is COc1ccc(N/C(C)=C/C=O)cc1. The van der Waals surface area contributed by atoms with Gasteiger partial charge in [-0.05, 0) is 37.3 Å². The molecule has 3 nitrogen and oxygen atoms in total. The van der Waals surface area contributed by atoms with Crippen LogP contribution in [-0.2, 0) is 4.79 Å². The molecule has 0 aromatic heterocycles. The average molecular weight is 191 g/mol. The third-order valence-corrected chi connectivity index (χ3v) is 1.75. The molecule has 0 aliphatic heterocycles. The lowest BCUT2D eigenvalue weighted by Gasteiger charge is -2.06. The maximum Gasteiger partial charge on any atom is 0.144 e. The van der Waals surface area contributed by atoms with E-state index in [1.165, 1.54) is 6.08 Å². The largest absolute Gasteiger partial charge is 0.497 e. The van der Waals surface area contributed by atoms with Crippen molar-refractivity contribution in [2.24, 2.45) is 0 Å². The summed E-state index contributed by atoms with van der Waals surface area (Å²) in [7, 11) is 1.62. The molecule has 0 saturated heterocycles. The summed E-state index contributed by atoms with van der Waals surface area (Å²) >= 11 is 0. The summed E-state index contributed by atoms with van der Waals surface area (Å²) in [6.07, 6.45) is 2.23. The van der Waals surface area contributed by atoms with Gasteiger partial charge in [0.05, 0.1) is 7.11 Å². The Labute approximate surface area is 83.4 Å². The summed E-state index contributed by atoms with van der Waals surface area (Å²) in [5.41, 5.74) is 1.74. The number of nitrogens with one attached hydrogen (secondary N) is 1. The van der Waals surface area contributed by atoms with Crippen molar-refractivity contribution in [2.45, 2.75) is 6.92 Å². The molecule has 0 bridgehead atoms. The molecule has 0 aliphatic carbocycles. The quantitative estimate of drug-likeness (QED) is 0.585. The minimum atomic E-state index is 0.756. The van der Waals surface area contributed by atoms with Gasteiger partial charge >= 0.3 is 0 Å². The normalized spacial score (nSPS) is 10.9. The maximum atomic E-state index is 10.2. The molecule has 1 rings (SSSR count). The van der Waals surface area contributed by atoms with Gasteiger partial charge in [-0.1, -0.05) is 0 Å².